The molecule has 0 fully saturated rings. The first kappa shape index (κ1) is 15.8. The van der Waals surface area contributed by atoms with Gasteiger partial charge >= 0.3 is 0 Å². The second-order valence-corrected chi connectivity index (χ2v) is 9.21. The Morgan fingerprint density at radius 2 is 2.08 bits per heavy atom. The van der Waals surface area contributed by atoms with Crippen LogP contribution in [0.4, 0.5) is 5.00 Å². The van der Waals surface area contributed by atoms with Crippen LogP contribution in [0, 0.1) is 11.3 Å². The van der Waals surface area contributed by atoms with E-state index < -0.39 is 0 Å². The molecule has 0 saturated carbocycles. The number of aromatic nitrogens is 1. The van der Waals surface area contributed by atoms with Crippen LogP contribution in [-0.2, 0) is 19.9 Å². The SMILES string of the molecule is Cn1cccc1[C@H]1NC(=O)c2c(sc3c2CC[C@H](C(C)(C)C)C3)N1. The Hall–Kier alpha value is -1.75. The highest BCUT2D eigenvalue weighted by Gasteiger charge is 2.36. The van der Waals surface area contributed by atoms with Gasteiger partial charge in [0.2, 0.25) is 0 Å². The van der Waals surface area contributed by atoms with E-state index in [-0.39, 0.29) is 12.1 Å². The van der Waals surface area contributed by atoms with Gasteiger partial charge in [0.15, 0.2) is 0 Å². The second kappa shape index (κ2) is 5.38. The monoisotopic (exact) mass is 343 g/mol. The third kappa shape index (κ3) is 2.46. The van der Waals surface area contributed by atoms with Gasteiger partial charge in [-0.15, -0.1) is 11.3 Å². The summed E-state index contributed by atoms with van der Waals surface area (Å²) in [5, 5.41) is 7.72. The lowest BCUT2D eigenvalue weighted by atomic mass is 9.72. The number of aryl methyl sites for hydroxylation is 1. The molecule has 2 aromatic rings. The van der Waals surface area contributed by atoms with Crippen molar-refractivity contribution in [2.45, 2.75) is 46.2 Å². The number of nitrogens with one attached hydrogen (secondary N) is 2. The van der Waals surface area contributed by atoms with Crippen molar-refractivity contribution in [3.05, 3.63) is 40.0 Å². The van der Waals surface area contributed by atoms with Gasteiger partial charge in [-0.3, -0.25) is 4.79 Å². The van der Waals surface area contributed by atoms with Crippen molar-refractivity contribution in [1.29, 1.82) is 0 Å². The standard InChI is InChI=1S/C19H25N3OS/c1-19(2,3)11-7-8-12-14(10-11)24-18-15(12)17(23)20-16(21-18)13-6-5-9-22(13)4/h5-6,9,11,16,21H,7-8,10H2,1-4H3,(H,20,23)/t11-,16-/m0/s1. The van der Waals surface area contributed by atoms with E-state index in [1.165, 1.54) is 16.9 Å². The maximum Gasteiger partial charge on any atom is 0.256 e. The first-order valence-corrected chi connectivity index (χ1v) is 9.49. The zero-order chi connectivity index (χ0) is 17.1. The molecular formula is C19H25N3OS. The van der Waals surface area contributed by atoms with Crippen molar-refractivity contribution in [2.75, 3.05) is 5.32 Å². The summed E-state index contributed by atoms with van der Waals surface area (Å²) in [6, 6.07) is 4.05. The van der Waals surface area contributed by atoms with E-state index in [1.807, 2.05) is 29.9 Å². The van der Waals surface area contributed by atoms with Crippen molar-refractivity contribution in [2.24, 2.45) is 18.4 Å². The number of hydrogen-bond acceptors (Lipinski definition) is 3. The quantitative estimate of drug-likeness (QED) is 0.819. The van der Waals surface area contributed by atoms with Crippen molar-refractivity contribution in [3.8, 4) is 0 Å². The van der Waals surface area contributed by atoms with Gasteiger partial charge in [-0.25, -0.2) is 0 Å². The molecule has 4 rings (SSSR count). The molecule has 2 aliphatic rings. The molecule has 0 radical (unpaired) electrons. The normalized spacial score (nSPS) is 23.2. The fourth-order valence-electron chi connectivity index (χ4n) is 3.96. The van der Waals surface area contributed by atoms with Crippen LogP contribution in [-0.4, -0.2) is 10.5 Å². The highest BCUT2D eigenvalue weighted by atomic mass is 32.1. The Morgan fingerprint density at radius 3 is 2.75 bits per heavy atom. The number of rotatable bonds is 1. The maximum absolute atomic E-state index is 12.8. The third-order valence-electron chi connectivity index (χ3n) is 5.55. The number of thiophene rings is 1. The summed E-state index contributed by atoms with van der Waals surface area (Å²) >= 11 is 1.79. The summed E-state index contributed by atoms with van der Waals surface area (Å²) in [6.07, 6.45) is 5.15. The molecule has 4 nitrogen and oxygen atoms in total. The number of amides is 1. The molecule has 0 aromatic carbocycles. The Balaban J connectivity index is 1.67. The molecule has 5 heteroatoms. The van der Waals surface area contributed by atoms with Gasteiger partial charge in [0, 0.05) is 18.1 Å². The molecule has 0 saturated heterocycles. The van der Waals surface area contributed by atoms with Crippen LogP contribution >= 0.6 is 11.3 Å². The van der Waals surface area contributed by atoms with Gasteiger partial charge in [0.25, 0.3) is 5.91 Å². The predicted molar refractivity (Wildman–Crippen MR) is 98.5 cm³/mol. The Bertz CT molecular complexity index is 796. The molecule has 1 amide bonds. The molecule has 0 spiro atoms. The summed E-state index contributed by atoms with van der Waals surface area (Å²) < 4.78 is 2.05. The number of fused-ring (bicyclic) bond motifs is 3. The van der Waals surface area contributed by atoms with Gasteiger partial charge in [0.05, 0.1) is 11.3 Å². The number of nitrogens with zero attached hydrogens (tertiary/aromatic N) is 1. The van der Waals surface area contributed by atoms with Crippen LogP contribution in [0.5, 0.6) is 0 Å². The smallest absolute Gasteiger partial charge is 0.256 e. The van der Waals surface area contributed by atoms with E-state index >= 15 is 0 Å². The minimum atomic E-state index is -0.150. The number of carbonyl (C=O) groups excluding carboxylic acids is 1. The Kier molecular flexibility index (Phi) is 3.53. The van der Waals surface area contributed by atoms with Crippen LogP contribution in [0.3, 0.4) is 0 Å². The van der Waals surface area contributed by atoms with Crippen LogP contribution in [0.2, 0.25) is 0 Å². The van der Waals surface area contributed by atoms with Crippen LogP contribution in [0.25, 0.3) is 0 Å². The molecule has 3 heterocycles. The fourth-order valence-corrected chi connectivity index (χ4v) is 5.31. The van der Waals surface area contributed by atoms with Gasteiger partial charge in [0.1, 0.15) is 11.2 Å². The van der Waals surface area contributed by atoms with E-state index in [0.717, 1.165) is 29.1 Å². The topological polar surface area (TPSA) is 46.1 Å². The van der Waals surface area contributed by atoms with Gasteiger partial charge in [-0.2, -0.15) is 0 Å². The predicted octanol–water partition coefficient (Wildman–Crippen LogP) is 4.09. The lowest BCUT2D eigenvalue weighted by molar-refractivity contribution is 0.0933. The lowest BCUT2D eigenvalue weighted by Gasteiger charge is -2.34. The number of hydrogen-bond donors (Lipinski definition) is 2. The summed E-state index contributed by atoms with van der Waals surface area (Å²) in [4.78, 5) is 14.2. The van der Waals surface area contributed by atoms with Crippen LogP contribution < -0.4 is 10.6 Å². The molecule has 1 aliphatic heterocycles. The van der Waals surface area contributed by atoms with E-state index in [9.17, 15) is 4.79 Å². The second-order valence-electron chi connectivity index (χ2n) is 8.11. The summed E-state index contributed by atoms with van der Waals surface area (Å²) in [7, 11) is 2.01. The highest BCUT2D eigenvalue weighted by molar-refractivity contribution is 7.16. The fraction of sp³-hybridized carbons (Fsp3) is 0.526. The zero-order valence-electron chi connectivity index (χ0n) is 14.8. The largest absolute Gasteiger partial charge is 0.351 e. The van der Waals surface area contributed by atoms with E-state index in [2.05, 4.69) is 31.4 Å². The average molecular weight is 343 g/mol. The molecule has 0 unspecified atom stereocenters. The summed E-state index contributed by atoms with van der Waals surface area (Å²) in [5.41, 5.74) is 3.58. The van der Waals surface area contributed by atoms with Crippen LogP contribution in [0.1, 0.15) is 59.9 Å². The Labute approximate surface area is 147 Å². The maximum atomic E-state index is 12.8. The van der Waals surface area contributed by atoms with Crippen molar-refractivity contribution in [3.63, 3.8) is 0 Å². The first-order chi connectivity index (χ1) is 11.3. The van der Waals surface area contributed by atoms with Crippen LogP contribution in [0.15, 0.2) is 18.3 Å². The average Bonchev–Trinajstić information content (AvgIpc) is 3.08. The summed E-state index contributed by atoms with van der Waals surface area (Å²) in [5.74, 6) is 0.762. The molecule has 0 bridgehead atoms. The molecule has 1 aliphatic carbocycles. The van der Waals surface area contributed by atoms with E-state index in [0.29, 0.717) is 11.3 Å². The first-order valence-electron chi connectivity index (χ1n) is 8.68. The van der Waals surface area contributed by atoms with Crippen molar-refractivity contribution in [1.82, 2.24) is 9.88 Å². The van der Waals surface area contributed by atoms with E-state index in [1.54, 1.807) is 11.3 Å². The molecule has 24 heavy (non-hydrogen) atoms. The molecule has 2 N–H and O–H groups in total. The van der Waals surface area contributed by atoms with Gasteiger partial charge < -0.3 is 15.2 Å². The third-order valence-corrected chi connectivity index (χ3v) is 6.73. The highest BCUT2D eigenvalue weighted by Crippen LogP contribution is 2.45. The van der Waals surface area contributed by atoms with E-state index in [4.69, 9.17) is 0 Å². The van der Waals surface area contributed by atoms with Crippen molar-refractivity contribution >= 4 is 22.2 Å². The zero-order valence-corrected chi connectivity index (χ0v) is 15.6. The minimum Gasteiger partial charge on any atom is -0.351 e. The number of carbonyl (C=O) groups is 1. The molecule has 128 valence electrons. The van der Waals surface area contributed by atoms with Gasteiger partial charge in [-0.05, 0) is 48.3 Å². The lowest BCUT2D eigenvalue weighted by Crippen LogP contribution is -2.39. The van der Waals surface area contributed by atoms with Crippen molar-refractivity contribution < 1.29 is 4.79 Å². The minimum absolute atomic E-state index is 0.0710. The molecule has 2 aromatic heterocycles. The molecular weight excluding hydrogens is 318 g/mol. The summed E-state index contributed by atoms with van der Waals surface area (Å²) in [6.45, 7) is 6.98. The number of anilines is 1. The Morgan fingerprint density at radius 1 is 1.29 bits per heavy atom. The van der Waals surface area contributed by atoms with Gasteiger partial charge in [-0.1, -0.05) is 20.8 Å². The molecule has 2 atom stereocenters.